The third kappa shape index (κ3) is 16.2. The summed E-state index contributed by atoms with van der Waals surface area (Å²) < 4.78 is 37.7. The zero-order valence-corrected chi connectivity index (χ0v) is 59.9. The van der Waals surface area contributed by atoms with Crippen molar-refractivity contribution in [2.75, 3.05) is 0 Å². The van der Waals surface area contributed by atoms with Gasteiger partial charge in [-0.25, -0.2) is 9.98 Å². The molecule has 12 rings (SSSR count). The second-order valence-electron chi connectivity index (χ2n) is 26.7. The van der Waals surface area contributed by atoms with E-state index in [9.17, 15) is 0 Å². The van der Waals surface area contributed by atoms with Crippen molar-refractivity contribution >= 4 is 114 Å². The third-order valence-electron chi connectivity index (χ3n) is 15.5. The summed E-state index contributed by atoms with van der Waals surface area (Å²) in [6.45, 7) is 25.9. The largest absolute Gasteiger partial charge is 2.00 e. The topological polar surface area (TPSA) is 108 Å². The molecule has 0 spiro atoms. The van der Waals surface area contributed by atoms with E-state index in [0.717, 1.165) is 21.5 Å². The standard InChI is InChI=1S/2C39H34Cl3N2O3.Co/c2*1-38(2,3)24-14-18-26(19-15-24)45-36-29(40)22-30(43-36)35(47-31-13-9-11-23-10-7-8-12-28(23)31)34-32(41)33(42)37(44-34)46-27-20-16-25(17-21-27)39(4,5)6;/h2*7-22H,1-6H3;/q2*-1;+2/b35-34+;35-30+;. The Morgan fingerprint density at radius 2 is 0.789 bits per heavy atom. The summed E-state index contributed by atoms with van der Waals surface area (Å²) in [6.07, 6.45) is 1.66. The molecule has 0 saturated heterocycles. The summed E-state index contributed by atoms with van der Waals surface area (Å²) in [5.41, 5.74) is 5.96. The summed E-state index contributed by atoms with van der Waals surface area (Å²) >= 11 is 40.6. The zero-order valence-electron chi connectivity index (χ0n) is 54.3. The average Bonchev–Trinajstić information content (AvgIpc) is 1.65. The van der Waals surface area contributed by atoms with Crippen LogP contribution in [-0.4, -0.2) is 11.8 Å². The van der Waals surface area contributed by atoms with Gasteiger partial charge in [-0.1, -0.05) is 291 Å². The Morgan fingerprint density at radius 3 is 1.24 bits per heavy atom. The fraction of sp³-hybridized carbons (Fsp3) is 0.205. The van der Waals surface area contributed by atoms with Gasteiger partial charge in [-0.15, -0.1) is 0 Å². The quantitative estimate of drug-likeness (QED) is 0.111. The molecular weight excluding hydrogens is 1360 g/mol. The number of fused-ring (bicyclic) bond motifs is 2. The summed E-state index contributed by atoms with van der Waals surface area (Å²) in [5.74, 6) is 4.69. The first kappa shape index (κ1) is 70.0. The molecule has 0 N–H and O–H groups in total. The molecule has 10 nitrogen and oxygen atoms in total. The van der Waals surface area contributed by atoms with Gasteiger partial charge in [0.05, 0.1) is 20.1 Å². The number of aliphatic imine (C=N–C) groups is 2. The minimum absolute atomic E-state index is 0. The Morgan fingerprint density at radius 1 is 0.389 bits per heavy atom. The van der Waals surface area contributed by atoms with Crippen LogP contribution in [0.3, 0.4) is 0 Å². The van der Waals surface area contributed by atoms with Gasteiger partial charge in [0, 0.05) is 22.5 Å². The van der Waals surface area contributed by atoms with E-state index >= 15 is 0 Å². The van der Waals surface area contributed by atoms with Gasteiger partial charge < -0.3 is 38.4 Å². The van der Waals surface area contributed by atoms with Crippen molar-refractivity contribution in [3.8, 4) is 46.3 Å². The van der Waals surface area contributed by atoms with E-state index in [1.54, 1.807) is 12.1 Å². The van der Waals surface area contributed by atoms with Crippen LogP contribution in [0.15, 0.2) is 231 Å². The van der Waals surface area contributed by atoms with Crippen LogP contribution in [0.4, 0.5) is 0 Å². The Hall–Kier alpha value is -7.81. The van der Waals surface area contributed by atoms with Crippen LogP contribution in [0.2, 0.25) is 15.1 Å². The second-order valence-corrected chi connectivity index (χ2v) is 29.0. The van der Waals surface area contributed by atoms with Crippen molar-refractivity contribution in [3.05, 3.63) is 269 Å². The minimum atomic E-state index is 0. The Bertz CT molecular complexity index is 4680. The molecule has 10 aromatic rings. The van der Waals surface area contributed by atoms with Crippen LogP contribution >= 0.6 is 69.6 Å². The number of ether oxygens (including phenoxy) is 6. The van der Waals surface area contributed by atoms with Crippen molar-refractivity contribution in [1.29, 1.82) is 0 Å². The fourth-order valence-electron chi connectivity index (χ4n) is 10.1. The number of hydrogen-bond acceptors (Lipinski definition) is 8. The number of nitrogens with zero attached hydrogens (tertiary/aromatic N) is 4. The van der Waals surface area contributed by atoms with Crippen LogP contribution in [0, 0.1) is 0 Å². The number of rotatable bonds is 12. The molecule has 2 aliphatic heterocycles. The SMILES string of the molecule is CC(C)(C)c1ccc(OC2=N/C(=C(/Oc3cccc4ccccc34)c3[n-]c(Oc4ccc(C(C)(C)C)cc4)c(Cl)c3Cl)C=C2Cl)cc1.CC(C)(C)c1ccc(OC2=N/C(=C(/Oc3cccc4ccccc34)c3cc(Cl)c(Oc4ccc(C(C)(C)C)cc4)[n-]3)C(Cl)=C2Cl)cc1.[Co+2]. The maximum Gasteiger partial charge on any atom is 2.00 e. The van der Waals surface area contributed by atoms with Gasteiger partial charge >= 0.3 is 16.8 Å². The normalized spacial score (nSPS) is 14.5. The molecule has 0 saturated carbocycles. The van der Waals surface area contributed by atoms with Gasteiger partial charge in [-0.3, -0.25) is 0 Å². The molecule has 0 fully saturated rings. The predicted molar refractivity (Wildman–Crippen MR) is 387 cm³/mol. The Balaban J connectivity index is 0.000000205. The van der Waals surface area contributed by atoms with Gasteiger partial charge in [-0.2, -0.15) is 0 Å². The number of benzene rings is 8. The van der Waals surface area contributed by atoms with E-state index < -0.39 is 0 Å². The molecule has 17 heteroatoms. The van der Waals surface area contributed by atoms with Crippen molar-refractivity contribution in [3.63, 3.8) is 0 Å². The van der Waals surface area contributed by atoms with Crippen molar-refractivity contribution in [2.45, 2.75) is 105 Å². The Kier molecular flexibility index (Phi) is 21.0. The summed E-state index contributed by atoms with van der Waals surface area (Å²) in [7, 11) is 0. The molecule has 0 atom stereocenters. The summed E-state index contributed by atoms with van der Waals surface area (Å²) in [4.78, 5) is 18.9. The Labute approximate surface area is 595 Å². The molecule has 2 aliphatic rings. The number of hydrogen-bond donors (Lipinski definition) is 0. The maximum absolute atomic E-state index is 6.85. The van der Waals surface area contributed by atoms with E-state index in [-0.39, 0.29) is 105 Å². The molecule has 8 aromatic carbocycles. The fourth-order valence-corrected chi connectivity index (χ4v) is 11.3. The van der Waals surface area contributed by atoms with E-state index in [0.29, 0.717) is 55.9 Å². The molecule has 0 amide bonds. The molecular formula is C78H68Cl6CoN4O6. The maximum atomic E-state index is 6.85. The van der Waals surface area contributed by atoms with Gasteiger partial charge in [0.2, 0.25) is 11.8 Å². The molecule has 0 aliphatic carbocycles. The van der Waals surface area contributed by atoms with Crippen molar-refractivity contribution in [1.82, 2.24) is 9.97 Å². The van der Waals surface area contributed by atoms with Crippen LogP contribution in [-0.2, 0) is 38.4 Å². The minimum Gasteiger partial charge on any atom is -0.623 e. The van der Waals surface area contributed by atoms with Crippen LogP contribution < -0.4 is 38.4 Å². The predicted octanol–water partition coefficient (Wildman–Crippen LogP) is 23.6. The average molecular weight is 1430 g/mol. The zero-order chi connectivity index (χ0) is 67.0. The molecule has 1 radical (unpaired) electrons. The number of aromatic nitrogens is 2. The molecule has 0 bridgehead atoms. The van der Waals surface area contributed by atoms with Gasteiger partial charge in [0.25, 0.3) is 0 Å². The monoisotopic (exact) mass is 1430 g/mol. The molecule has 95 heavy (non-hydrogen) atoms. The molecule has 0 unspecified atom stereocenters. The number of allylic oxidation sites excluding steroid dienone is 2. The second kappa shape index (κ2) is 28.5. The van der Waals surface area contributed by atoms with E-state index in [4.69, 9.17) is 118 Å². The van der Waals surface area contributed by atoms with Crippen LogP contribution in [0.25, 0.3) is 33.1 Å². The van der Waals surface area contributed by atoms with Gasteiger partial charge in [0.1, 0.15) is 67.5 Å². The first-order chi connectivity index (χ1) is 44.5. The molecule has 487 valence electrons. The van der Waals surface area contributed by atoms with Gasteiger partial charge in [0.15, 0.2) is 0 Å². The van der Waals surface area contributed by atoms with E-state index in [2.05, 4.69) is 83.1 Å². The number of halogens is 6. The van der Waals surface area contributed by atoms with Crippen LogP contribution in [0.1, 0.15) is 117 Å². The van der Waals surface area contributed by atoms with E-state index in [1.807, 2.05) is 182 Å². The molecule has 4 heterocycles. The van der Waals surface area contributed by atoms with E-state index in [1.165, 1.54) is 22.3 Å². The van der Waals surface area contributed by atoms with Crippen molar-refractivity contribution < 1.29 is 45.2 Å². The first-order valence-electron chi connectivity index (χ1n) is 30.5. The van der Waals surface area contributed by atoms with Gasteiger partial charge in [-0.05, 0) is 121 Å². The smallest absolute Gasteiger partial charge is 0.623 e. The molecule has 2 aromatic heterocycles. The summed E-state index contributed by atoms with van der Waals surface area (Å²) in [6, 6.07) is 60.4. The summed E-state index contributed by atoms with van der Waals surface area (Å²) in [5, 5.41) is 4.99. The van der Waals surface area contributed by atoms with Crippen LogP contribution in [0.5, 0.6) is 46.3 Å². The third-order valence-corrected chi connectivity index (χ3v) is 17.7. The first-order valence-corrected chi connectivity index (χ1v) is 32.7. The van der Waals surface area contributed by atoms with Crippen molar-refractivity contribution in [2.24, 2.45) is 9.98 Å².